The fraction of sp³-hybridized carbons (Fsp3) is 0.500. The maximum atomic E-state index is 4.40. The molecule has 1 aromatic rings. The van der Waals surface area contributed by atoms with Gasteiger partial charge in [-0.15, -0.1) is 0 Å². The highest BCUT2D eigenvalue weighted by Gasteiger charge is 2.29. The first-order chi connectivity index (χ1) is 6.25. The van der Waals surface area contributed by atoms with Crippen molar-refractivity contribution in [2.75, 3.05) is 23.4 Å². The Hall–Kier alpha value is -1.25. The monoisotopic (exact) mass is 177 g/mol. The zero-order valence-electron chi connectivity index (χ0n) is 8.36. The van der Waals surface area contributed by atoms with Crippen LogP contribution >= 0.6 is 0 Å². The second kappa shape index (κ2) is 2.91. The molecule has 13 heavy (non-hydrogen) atoms. The van der Waals surface area contributed by atoms with Gasteiger partial charge in [-0.1, -0.05) is 0 Å². The maximum absolute atomic E-state index is 4.40. The highest BCUT2D eigenvalue weighted by Crippen LogP contribution is 2.35. The van der Waals surface area contributed by atoms with Crippen LogP contribution in [0.4, 0.5) is 11.5 Å². The Morgan fingerprint density at radius 1 is 1.54 bits per heavy atom. The molecule has 0 aromatic carbocycles. The van der Waals surface area contributed by atoms with Crippen molar-refractivity contribution in [1.82, 2.24) is 4.98 Å². The molecule has 2 rings (SSSR count). The van der Waals surface area contributed by atoms with E-state index in [1.807, 2.05) is 12.3 Å². The van der Waals surface area contributed by atoms with Gasteiger partial charge in [-0.2, -0.15) is 0 Å². The molecule has 3 heteroatoms. The number of hydrogen-bond acceptors (Lipinski definition) is 3. The van der Waals surface area contributed by atoms with Crippen LogP contribution in [0.1, 0.15) is 13.8 Å². The van der Waals surface area contributed by atoms with Crippen LogP contribution in [-0.2, 0) is 0 Å². The summed E-state index contributed by atoms with van der Waals surface area (Å²) >= 11 is 0. The Morgan fingerprint density at radius 3 is 3.00 bits per heavy atom. The van der Waals surface area contributed by atoms with Crippen LogP contribution in [0.5, 0.6) is 0 Å². The van der Waals surface area contributed by atoms with Crippen LogP contribution in [0.3, 0.4) is 0 Å². The smallest absolute Gasteiger partial charge is 0.153 e. The van der Waals surface area contributed by atoms with Gasteiger partial charge in [0.2, 0.25) is 0 Å². The first kappa shape index (κ1) is 8.35. The van der Waals surface area contributed by atoms with Crippen molar-refractivity contribution >= 4 is 11.5 Å². The molecule has 0 saturated heterocycles. The lowest BCUT2D eigenvalue weighted by atomic mass is 10.4. The molecule has 0 radical (unpaired) electrons. The molecule has 2 heterocycles. The molecule has 1 atom stereocenters. The third-order valence-electron chi connectivity index (χ3n) is 2.77. The van der Waals surface area contributed by atoms with E-state index in [0.29, 0.717) is 6.17 Å². The molecule has 1 aliphatic heterocycles. The van der Waals surface area contributed by atoms with Gasteiger partial charge in [0.15, 0.2) is 5.82 Å². The van der Waals surface area contributed by atoms with Crippen LogP contribution in [0.2, 0.25) is 0 Å². The van der Waals surface area contributed by atoms with Crippen molar-refractivity contribution in [2.45, 2.75) is 20.0 Å². The quantitative estimate of drug-likeness (QED) is 0.651. The molecule has 0 unspecified atom stereocenters. The summed E-state index contributed by atoms with van der Waals surface area (Å²) in [5.41, 5.74) is 1.23. The topological polar surface area (TPSA) is 19.4 Å². The van der Waals surface area contributed by atoms with Gasteiger partial charge in [0.1, 0.15) is 0 Å². The van der Waals surface area contributed by atoms with Crippen molar-refractivity contribution in [2.24, 2.45) is 0 Å². The average molecular weight is 177 g/mol. The summed E-state index contributed by atoms with van der Waals surface area (Å²) in [7, 11) is 2.11. The summed E-state index contributed by atoms with van der Waals surface area (Å²) in [6.07, 6.45) is 2.28. The van der Waals surface area contributed by atoms with Gasteiger partial charge < -0.3 is 9.80 Å². The molecule has 0 N–H and O–H groups in total. The molecular formula is C10H15N3. The summed E-state index contributed by atoms with van der Waals surface area (Å²) in [6, 6.07) is 4.11. The third kappa shape index (κ3) is 1.07. The predicted molar refractivity (Wildman–Crippen MR) is 55.1 cm³/mol. The molecule has 0 aliphatic carbocycles. The Balaban J connectivity index is 2.47. The van der Waals surface area contributed by atoms with E-state index >= 15 is 0 Å². The molecule has 0 amide bonds. The van der Waals surface area contributed by atoms with Crippen molar-refractivity contribution in [3.63, 3.8) is 0 Å². The van der Waals surface area contributed by atoms with Crippen molar-refractivity contribution in [3.8, 4) is 0 Å². The van der Waals surface area contributed by atoms with Gasteiger partial charge in [-0.25, -0.2) is 4.98 Å². The number of rotatable bonds is 1. The highest BCUT2D eigenvalue weighted by molar-refractivity contribution is 5.72. The van der Waals surface area contributed by atoms with E-state index in [2.05, 4.69) is 41.7 Å². The normalized spacial score (nSPS) is 20.7. The molecule has 0 fully saturated rings. The molecule has 0 saturated carbocycles. The Bertz CT molecular complexity index is 311. The second-order valence-electron chi connectivity index (χ2n) is 3.37. The average Bonchev–Trinajstić information content (AvgIpc) is 2.41. The standard InChI is InChI=1S/C10H15N3/c1-4-13-8(2)12(3)9-6-5-7-11-10(9)13/h5-8H,4H2,1-3H3/t8-/m0/s1. The fourth-order valence-corrected chi connectivity index (χ4v) is 1.89. The Kier molecular flexibility index (Phi) is 1.87. The minimum absolute atomic E-state index is 0.426. The van der Waals surface area contributed by atoms with Crippen LogP contribution in [0.15, 0.2) is 18.3 Å². The Morgan fingerprint density at radius 2 is 2.31 bits per heavy atom. The highest BCUT2D eigenvalue weighted by atomic mass is 15.4. The second-order valence-corrected chi connectivity index (χ2v) is 3.37. The number of hydrogen-bond donors (Lipinski definition) is 0. The summed E-state index contributed by atoms with van der Waals surface area (Å²) in [5.74, 6) is 1.11. The molecular weight excluding hydrogens is 162 g/mol. The van der Waals surface area contributed by atoms with Crippen molar-refractivity contribution in [3.05, 3.63) is 18.3 Å². The van der Waals surface area contributed by atoms with Gasteiger partial charge in [-0.3, -0.25) is 0 Å². The van der Waals surface area contributed by atoms with E-state index in [4.69, 9.17) is 0 Å². The first-order valence-electron chi connectivity index (χ1n) is 4.70. The lowest BCUT2D eigenvalue weighted by Gasteiger charge is -2.25. The van der Waals surface area contributed by atoms with Gasteiger partial charge >= 0.3 is 0 Å². The van der Waals surface area contributed by atoms with Crippen LogP contribution < -0.4 is 9.80 Å². The van der Waals surface area contributed by atoms with E-state index in [0.717, 1.165) is 12.4 Å². The predicted octanol–water partition coefficient (Wildman–Crippen LogP) is 1.70. The largest absolute Gasteiger partial charge is 0.352 e. The molecule has 1 aromatic heterocycles. The summed E-state index contributed by atoms with van der Waals surface area (Å²) in [6.45, 7) is 5.37. The molecule has 70 valence electrons. The van der Waals surface area contributed by atoms with E-state index in [1.165, 1.54) is 5.69 Å². The maximum Gasteiger partial charge on any atom is 0.153 e. The molecule has 1 aliphatic rings. The SMILES string of the molecule is CCN1c2ncccc2N(C)[C@@H]1C. The van der Waals surface area contributed by atoms with Gasteiger partial charge in [-0.05, 0) is 26.0 Å². The van der Waals surface area contributed by atoms with Crippen LogP contribution in [0, 0.1) is 0 Å². The van der Waals surface area contributed by atoms with Crippen molar-refractivity contribution in [1.29, 1.82) is 0 Å². The number of anilines is 2. The first-order valence-corrected chi connectivity index (χ1v) is 4.70. The lowest BCUT2D eigenvalue weighted by Crippen LogP contribution is -2.38. The molecule has 3 nitrogen and oxygen atoms in total. The Labute approximate surface area is 79.0 Å². The van der Waals surface area contributed by atoms with E-state index in [1.54, 1.807) is 0 Å². The molecule has 0 bridgehead atoms. The van der Waals surface area contributed by atoms with Gasteiger partial charge in [0.25, 0.3) is 0 Å². The van der Waals surface area contributed by atoms with E-state index < -0.39 is 0 Å². The van der Waals surface area contributed by atoms with E-state index in [9.17, 15) is 0 Å². The summed E-state index contributed by atoms with van der Waals surface area (Å²) in [4.78, 5) is 8.95. The molecule has 0 spiro atoms. The summed E-state index contributed by atoms with van der Waals surface area (Å²) < 4.78 is 0. The van der Waals surface area contributed by atoms with Crippen LogP contribution in [0.25, 0.3) is 0 Å². The minimum atomic E-state index is 0.426. The fourth-order valence-electron chi connectivity index (χ4n) is 1.89. The summed E-state index contributed by atoms with van der Waals surface area (Å²) in [5, 5.41) is 0. The number of nitrogens with zero attached hydrogens (tertiary/aromatic N) is 3. The van der Waals surface area contributed by atoms with Gasteiger partial charge in [0, 0.05) is 19.8 Å². The zero-order valence-corrected chi connectivity index (χ0v) is 8.36. The minimum Gasteiger partial charge on any atom is -0.352 e. The number of aromatic nitrogens is 1. The van der Waals surface area contributed by atoms with Crippen molar-refractivity contribution < 1.29 is 0 Å². The zero-order chi connectivity index (χ0) is 9.42. The third-order valence-corrected chi connectivity index (χ3v) is 2.77. The van der Waals surface area contributed by atoms with Crippen LogP contribution in [-0.4, -0.2) is 24.7 Å². The number of pyridine rings is 1. The lowest BCUT2D eigenvalue weighted by molar-refractivity contribution is 0.669. The van der Waals surface area contributed by atoms with E-state index in [-0.39, 0.29) is 0 Å². The number of fused-ring (bicyclic) bond motifs is 1. The van der Waals surface area contributed by atoms with Gasteiger partial charge in [0.05, 0.1) is 11.9 Å².